The predicted octanol–water partition coefficient (Wildman–Crippen LogP) is 2.78. The fourth-order valence-electron chi connectivity index (χ4n) is 3.41. The number of aromatic nitrogens is 3. The second-order valence-electron chi connectivity index (χ2n) is 7.17. The minimum atomic E-state index is -4.80. The lowest BCUT2D eigenvalue weighted by molar-refractivity contribution is -0.274. The van der Waals surface area contributed by atoms with Crippen molar-refractivity contribution < 1.29 is 27.8 Å². The Morgan fingerprint density at radius 3 is 2.62 bits per heavy atom. The maximum atomic E-state index is 12.8. The van der Waals surface area contributed by atoms with Crippen LogP contribution in [0, 0.1) is 0 Å². The molecule has 0 saturated carbocycles. The number of amides is 1. The number of carbonyl (C=O) groups excluding carboxylic acids is 1. The number of nitrogen functional groups attached to an aromatic ring is 1. The number of rotatable bonds is 5. The van der Waals surface area contributed by atoms with Gasteiger partial charge in [0.05, 0.1) is 17.4 Å². The van der Waals surface area contributed by atoms with Crippen molar-refractivity contribution >= 4 is 23.2 Å². The number of hydrogen-bond donors (Lipinski definition) is 4. The third-order valence-corrected chi connectivity index (χ3v) is 4.86. The summed E-state index contributed by atoms with van der Waals surface area (Å²) in [5.41, 5.74) is 7.47. The lowest BCUT2D eigenvalue weighted by atomic mass is 10.1. The van der Waals surface area contributed by atoms with Gasteiger partial charge in [0.25, 0.3) is 5.91 Å². The van der Waals surface area contributed by atoms with Crippen LogP contribution in [-0.2, 0) is 0 Å². The van der Waals surface area contributed by atoms with E-state index in [0.29, 0.717) is 36.6 Å². The van der Waals surface area contributed by atoms with Crippen molar-refractivity contribution in [2.45, 2.75) is 18.9 Å². The average molecular weight is 448 g/mol. The lowest BCUT2D eigenvalue weighted by Gasteiger charge is -2.21. The first-order valence-corrected chi connectivity index (χ1v) is 9.60. The van der Waals surface area contributed by atoms with Crippen LogP contribution in [0.2, 0.25) is 0 Å². The molecule has 2 aromatic heterocycles. The zero-order valence-corrected chi connectivity index (χ0v) is 16.6. The highest BCUT2D eigenvalue weighted by Crippen LogP contribution is 2.33. The van der Waals surface area contributed by atoms with Crippen LogP contribution in [0.15, 0.2) is 42.6 Å². The number of alkyl halides is 3. The van der Waals surface area contributed by atoms with Gasteiger partial charge in [0.15, 0.2) is 0 Å². The Bertz CT molecular complexity index is 1100. The predicted molar refractivity (Wildman–Crippen MR) is 110 cm³/mol. The lowest BCUT2D eigenvalue weighted by Crippen LogP contribution is -2.24. The number of carbonyl (C=O) groups is 1. The average Bonchev–Trinajstić information content (AvgIpc) is 3.40. The molecular formula is C20H19F3N6O3. The van der Waals surface area contributed by atoms with E-state index >= 15 is 0 Å². The number of β-amino-alcohol motifs (C(OH)–C–C–N with tert-alkyl or cyclic N) is 1. The van der Waals surface area contributed by atoms with Gasteiger partial charge < -0.3 is 25.8 Å². The van der Waals surface area contributed by atoms with Crippen LogP contribution in [0.4, 0.5) is 30.5 Å². The van der Waals surface area contributed by atoms with Crippen LogP contribution in [0.25, 0.3) is 11.3 Å². The number of aromatic amines is 1. The van der Waals surface area contributed by atoms with E-state index in [1.807, 2.05) is 4.90 Å². The monoisotopic (exact) mass is 448 g/mol. The molecule has 1 aliphatic heterocycles. The van der Waals surface area contributed by atoms with Gasteiger partial charge in [-0.1, -0.05) is 0 Å². The van der Waals surface area contributed by atoms with E-state index in [1.54, 1.807) is 18.3 Å². The fourth-order valence-corrected chi connectivity index (χ4v) is 3.41. The van der Waals surface area contributed by atoms with Gasteiger partial charge in [0.1, 0.15) is 17.4 Å². The highest BCUT2D eigenvalue weighted by Gasteiger charge is 2.31. The molecule has 0 aliphatic carbocycles. The number of ether oxygens (including phenoxy) is 1. The molecule has 12 heteroatoms. The molecule has 1 saturated heterocycles. The van der Waals surface area contributed by atoms with Crippen molar-refractivity contribution in [1.82, 2.24) is 15.2 Å². The van der Waals surface area contributed by atoms with Crippen molar-refractivity contribution in [2.24, 2.45) is 0 Å². The molecule has 1 atom stereocenters. The Morgan fingerprint density at radius 2 is 2.03 bits per heavy atom. The van der Waals surface area contributed by atoms with E-state index < -0.39 is 24.1 Å². The van der Waals surface area contributed by atoms with E-state index in [0.717, 1.165) is 12.1 Å². The summed E-state index contributed by atoms with van der Waals surface area (Å²) in [6.45, 7) is 0.949. The van der Waals surface area contributed by atoms with Crippen LogP contribution in [0.1, 0.15) is 16.8 Å². The summed E-state index contributed by atoms with van der Waals surface area (Å²) in [6, 6.07) is 7.98. The Morgan fingerprint density at radius 1 is 1.28 bits per heavy atom. The van der Waals surface area contributed by atoms with Gasteiger partial charge in [-0.2, -0.15) is 5.10 Å². The molecular weight excluding hydrogens is 429 g/mol. The molecule has 5 N–H and O–H groups in total. The molecule has 0 spiro atoms. The van der Waals surface area contributed by atoms with Crippen molar-refractivity contribution in [3.63, 3.8) is 0 Å². The Labute approximate surface area is 180 Å². The molecule has 1 amide bonds. The van der Waals surface area contributed by atoms with Gasteiger partial charge in [-0.25, -0.2) is 4.98 Å². The zero-order valence-electron chi connectivity index (χ0n) is 16.6. The Hall–Kier alpha value is -3.80. The molecule has 1 aromatic carbocycles. The first-order chi connectivity index (χ1) is 15.2. The van der Waals surface area contributed by atoms with E-state index in [1.165, 1.54) is 12.1 Å². The number of anilines is 3. The van der Waals surface area contributed by atoms with Crippen LogP contribution in [-0.4, -0.2) is 51.8 Å². The van der Waals surface area contributed by atoms with Crippen LogP contribution in [0.3, 0.4) is 0 Å². The number of H-pyrrole nitrogens is 1. The topological polar surface area (TPSA) is 129 Å². The highest BCUT2D eigenvalue weighted by molar-refractivity contribution is 6.08. The summed E-state index contributed by atoms with van der Waals surface area (Å²) in [4.78, 5) is 19.1. The summed E-state index contributed by atoms with van der Waals surface area (Å²) < 4.78 is 40.7. The first kappa shape index (κ1) is 21.4. The highest BCUT2D eigenvalue weighted by atomic mass is 19.4. The number of aliphatic hydroxyl groups is 1. The Balaban J connectivity index is 1.60. The largest absolute Gasteiger partial charge is 0.573 e. The number of nitrogens with zero attached hydrogens (tertiary/aromatic N) is 3. The van der Waals surface area contributed by atoms with Crippen molar-refractivity contribution in [3.8, 4) is 17.0 Å². The third kappa shape index (κ3) is 4.75. The van der Waals surface area contributed by atoms with E-state index in [2.05, 4.69) is 25.2 Å². The van der Waals surface area contributed by atoms with Crippen molar-refractivity contribution in [1.29, 1.82) is 0 Å². The summed E-state index contributed by atoms with van der Waals surface area (Å²) in [5.74, 6) is -0.537. The van der Waals surface area contributed by atoms with E-state index in [-0.39, 0.29) is 17.1 Å². The normalized spacial score (nSPS) is 16.2. The molecule has 0 unspecified atom stereocenters. The van der Waals surface area contributed by atoms with Crippen LogP contribution >= 0.6 is 0 Å². The number of nitrogens with two attached hydrogens (primary N) is 1. The molecule has 9 nitrogen and oxygen atoms in total. The SMILES string of the molecule is Nc1nc(N2CC[C@@H](O)C2)c(-c2cc[nH]n2)cc1C(=O)Nc1ccc(OC(F)(F)F)cc1. The second-order valence-corrected chi connectivity index (χ2v) is 7.17. The standard InChI is InChI=1S/C20H19F3N6O3/c21-20(22,23)32-13-3-1-11(2-4-13)26-19(31)15-9-14(16-5-7-25-28-16)18(27-17(15)24)29-8-6-12(30)10-29/h1-5,7,9,12,30H,6,8,10H2,(H2,24,27)(H,25,28)(H,26,31)/t12-/m1/s1. The van der Waals surface area contributed by atoms with Gasteiger partial charge in [-0.05, 0) is 42.8 Å². The van der Waals surface area contributed by atoms with Crippen molar-refractivity contribution in [3.05, 3.63) is 48.2 Å². The summed E-state index contributed by atoms with van der Waals surface area (Å²) >= 11 is 0. The van der Waals surface area contributed by atoms with Gasteiger partial charge in [-0.15, -0.1) is 13.2 Å². The van der Waals surface area contributed by atoms with E-state index in [9.17, 15) is 23.1 Å². The molecule has 3 aromatic rings. The molecule has 168 valence electrons. The molecule has 0 radical (unpaired) electrons. The van der Waals surface area contributed by atoms with Gasteiger partial charge in [-0.3, -0.25) is 9.89 Å². The summed E-state index contributed by atoms with van der Waals surface area (Å²) in [5, 5.41) is 19.3. The van der Waals surface area contributed by atoms with E-state index in [4.69, 9.17) is 5.73 Å². The fraction of sp³-hybridized carbons (Fsp3) is 0.250. The Kier molecular flexibility index (Phi) is 5.61. The quantitative estimate of drug-likeness (QED) is 0.472. The maximum absolute atomic E-state index is 12.8. The number of aliphatic hydroxyl groups excluding tert-OH is 1. The molecule has 4 rings (SSSR count). The van der Waals surface area contributed by atoms with Gasteiger partial charge in [0.2, 0.25) is 0 Å². The number of benzene rings is 1. The number of halogens is 3. The first-order valence-electron chi connectivity index (χ1n) is 9.60. The van der Waals surface area contributed by atoms with Gasteiger partial charge in [0, 0.05) is 30.5 Å². The molecule has 1 fully saturated rings. The van der Waals surface area contributed by atoms with Gasteiger partial charge >= 0.3 is 6.36 Å². The second kappa shape index (κ2) is 8.38. The van der Waals surface area contributed by atoms with Crippen LogP contribution < -0.4 is 20.7 Å². The zero-order chi connectivity index (χ0) is 22.9. The molecule has 1 aliphatic rings. The molecule has 32 heavy (non-hydrogen) atoms. The minimum Gasteiger partial charge on any atom is -0.406 e. The third-order valence-electron chi connectivity index (χ3n) is 4.86. The molecule has 0 bridgehead atoms. The van der Waals surface area contributed by atoms with Crippen molar-refractivity contribution in [2.75, 3.05) is 29.0 Å². The number of nitrogens with one attached hydrogen (secondary N) is 2. The number of hydrogen-bond acceptors (Lipinski definition) is 7. The van der Waals surface area contributed by atoms with Crippen LogP contribution in [0.5, 0.6) is 5.75 Å². The minimum absolute atomic E-state index is 0.0322. The summed E-state index contributed by atoms with van der Waals surface area (Å²) in [6.07, 6.45) is -3.09. The smallest absolute Gasteiger partial charge is 0.406 e. The summed E-state index contributed by atoms with van der Waals surface area (Å²) in [7, 11) is 0. The maximum Gasteiger partial charge on any atom is 0.573 e. The molecule has 3 heterocycles. The number of pyridine rings is 1.